The molecule has 2 heterocycles. The summed E-state index contributed by atoms with van der Waals surface area (Å²) < 4.78 is 26.8. The minimum Gasteiger partial charge on any atom is -0.497 e. The molecule has 2 fully saturated rings. The number of hydrogen-bond donors (Lipinski definition) is 1. The number of benzene rings is 1. The van der Waals surface area contributed by atoms with Gasteiger partial charge < -0.3 is 14.2 Å². The molecule has 0 aromatic heterocycles. The van der Waals surface area contributed by atoms with E-state index in [0.717, 1.165) is 37.5 Å². The number of hydrazone groups is 1. The Balaban J connectivity index is 1.89. The summed E-state index contributed by atoms with van der Waals surface area (Å²) in [5.74, 6) is 0.786. The molecule has 8 nitrogen and oxygen atoms in total. The van der Waals surface area contributed by atoms with Crippen molar-refractivity contribution in [3.05, 3.63) is 29.8 Å². The first-order valence-corrected chi connectivity index (χ1v) is 12.7. The van der Waals surface area contributed by atoms with Crippen LogP contribution in [0.25, 0.3) is 0 Å². The summed E-state index contributed by atoms with van der Waals surface area (Å²) >= 11 is 5.67. The second kappa shape index (κ2) is 11.0. The van der Waals surface area contributed by atoms with E-state index in [9.17, 15) is 0 Å². The van der Waals surface area contributed by atoms with Gasteiger partial charge in [0.15, 0.2) is 0 Å². The number of rotatable bonds is 5. The van der Waals surface area contributed by atoms with Crippen LogP contribution in [0.4, 0.5) is 0 Å². The van der Waals surface area contributed by atoms with Crippen LogP contribution in [0.3, 0.4) is 0 Å². The third kappa shape index (κ3) is 5.92. The Hall–Kier alpha value is -1.35. The average molecular weight is 468 g/mol. The molecule has 0 saturated carbocycles. The lowest BCUT2D eigenvalue weighted by molar-refractivity contribution is 0.0551. The van der Waals surface area contributed by atoms with E-state index in [1.807, 2.05) is 24.3 Å². The average Bonchev–Trinajstić information content (AvgIpc) is 2.78. The molecule has 0 unspecified atom stereocenters. The number of methoxy groups -OCH3 is 1. The van der Waals surface area contributed by atoms with Gasteiger partial charge in [0.05, 0.1) is 39.8 Å². The van der Waals surface area contributed by atoms with E-state index in [1.54, 1.807) is 13.3 Å². The van der Waals surface area contributed by atoms with Crippen LogP contribution >= 0.6 is 19.6 Å². The highest BCUT2D eigenvalue weighted by molar-refractivity contribution is 7.81. The highest BCUT2D eigenvalue weighted by Gasteiger charge is 2.45. The molecule has 0 bridgehead atoms. The van der Waals surface area contributed by atoms with E-state index in [1.165, 1.54) is 0 Å². The van der Waals surface area contributed by atoms with Gasteiger partial charge >= 0.3 is 0 Å². The predicted octanol–water partition coefficient (Wildman–Crippen LogP) is 3.40. The zero-order valence-electron chi connectivity index (χ0n) is 18.9. The van der Waals surface area contributed by atoms with E-state index in [-0.39, 0.29) is 5.16 Å². The lowest BCUT2D eigenvalue weighted by atomic mass is 10.2. The monoisotopic (exact) mass is 467 g/mol. The minimum atomic E-state index is -2.18. The normalized spacial score (nSPS) is 19.4. The Morgan fingerprint density at radius 3 is 2.19 bits per heavy atom. The van der Waals surface area contributed by atoms with E-state index in [2.05, 4.69) is 40.6 Å². The fourth-order valence-corrected chi connectivity index (χ4v) is 8.74. The molecule has 1 N–H and O–H groups in total. The van der Waals surface area contributed by atoms with Gasteiger partial charge in [0.2, 0.25) is 5.11 Å². The van der Waals surface area contributed by atoms with Crippen LogP contribution in [-0.2, 0) is 9.47 Å². The minimum absolute atomic E-state index is 0.0933. The summed E-state index contributed by atoms with van der Waals surface area (Å²) in [5, 5.41) is 4.65. The molecule has 172 valence electrons. The van der Waals surface area contributed by atoms with Gasteiger partial charge in [-0.3, -0.25) is 14.8 Å². The van der Waals surface area contributed by atoms with Crippen LogP contribution in [0.2, 0.25) is 0 Å². The molecule has 1 aromatic rings. The summed E-state index contributed by atoms with van der Waals surface area (Å²) in [6, 6.07) is 7.70. The van der Waals surface area contributed by atoms with Crippen LogP contribution < -0.4 is 10.2 Å². The standard InChI is InChI=1S/C21H34N5O3PS/c1-21(2,3)30(25-8-12-28-13-9-25,26-10-14-29-15-11-26)24-20(31)23-22-17-18-6-5-7-19(16-18)27-4/h5-7,16-17H,8-15H2,1-4H3,(H,23,31)/b22-17+. The fraction of sp³-hybridized carbons (Fsp3) is 0.619. The van der Waals surface area contributed by atoms with Crippen LogP contribution in [0.1, 0.15) is 26.3 Å². The number of hydrogen-bond acceptors (Lipinski definition) is 5. The molecule has 0 radical (unpaired) electrons. The van der Waals surface area contributed by atoms with Gasteiger partial charge in [-0.15, -0.1) is 0 Å². The molecule has 2 aliphatic rings. The van der Waals surface area contributed by atoms with E-state index < -0.39 is 7.36 Å². The van der Waals surface area contributed by atoms with E-state index in [0.29, 0.717) is 31.5 Å². The smallest absolute Gasteiger partial charge is 0.214 e. The van der Waals surface area contributed by atoms with Crippen molar-refractivity contribution in [2.45, 2.75) is 25.9 Å². The third-order valence-electron chi connectivity index (χ3n) is 5.36. The van der Waals surface area contributed by atoms with Crippen LogP contribution in [-0.4, -0.2) is 85.5 Å². The van der Waals surface area contributed by atoms with Gasteiger partial charge in [0.1, 0.15) is 13.1 Å². The van der Waals surface area contributed by atoms with Gasteiger partial charge in [-0.2, -0.15) is 5.10 Å². The van der Waals surface area contributed by atoms with Crippen LogP contribution in [0.5, 0.6) is 5.75 Å². The van der Waals surface area contributed by atoms with Crippen molar-refractivity contribution >= 4 is 30.9 Å². The summed E-state index contributed by atoms with van der Waals surface area (Å²) in [6.45, 7) is 13.0. The Morgan fingerprint density at radius 1 is 1.10 bits per heavy atom. The Kier molecular flexibility index (Phi) is 8.61. The van der Waals surface area contributed by atoms with Gasteiger partial charge in [-0.1, -0.05) is 32.9 Å². The Bertz CT molecular complexity index is 809. The quantitative estimate of drug-likeness (QED) is 0.308. The molecule has 0 amide bonds. The maximum Gasteiger partial charge on any atom is 0.214 e. The van der Waals surface area contributed by atoms with E-state index in [4.69, 9.17) is 31.2 Å². The van der Waals surface area contributed by atoms with Crippen molar-refractivity contribution < 1.29 is 14.2 Å². The van der Waals surface area contributed by atoms with Gasteiger partial charge in [-0.25, -0.2) is 4.74 Å². The molecule has 0 aliphatic carbocycles. The second-order valence-electron chi connectivity index (χ2n) is 8.42. The summed E-state index contributed by atoms with van der Waals surface area (Å²) in [7, 11) is -0.529. The first-order valence-electron chi connectivity index (χ1n) is 10.6. The summed E-state index contributed by atoms with van der Waals surface area (Å²) in [4.78, 5) is 0. The van der Waals surface area contributed by atoms with Crippen molar-refractivity contribution in [2.24, 2.45) is 9.85 Å². The number of ether oxygens (including phenoxy) is 3. The highest BCUT2D eigenvalue weighted by Crippen LogP contribution is 2.66. The molecule has 2 saturated heterocycles. The van der Waals surface area contributed by atoms with Crippen molar-refractivity contribution in [1.82, 2.24) is 14.8 Å². The topological polar surface area (TPSA) is 70.9 Å². The zero-order chi connectivity index (χ0) is 22.3. The van der Waals surface area contributed by atoms with E-state index >= 15 is 0 Å². The summed E-state index contributed by atoms with van der Waals surface area (Å²) in [6.07, 6.45) is 1.73. The maximum atomic E-state index is 5.67. The Morgan fingerprint density at radius 2 is 1.68 bits per heavy atom. The SMILES string of the molecule is COc1cccc(/C=N/NC(=S)N=P(N2CCOCC2)(N2CCOCC2)C(C)(C)C)c1. The first kappa shape index (κ1) is 24.3. The lowest BCUT2D eigenvalue weighted by Crippen LogP contribution is -2.48. The van der Waals surface area contributed by atoms with Crippen LogP contribution in [0, 0.1) is 0 Å². The van der Waals surface area contributed by atoms with Crippen molar-refractivity contribution in [3.63, 3.8) is 0 Å². The fourth-order valence-electron chi connectivity index (χ4n) is 4.00. The molecule has 31 heavy (non-hydrogen) atoms. The number of morpholine rings is 2. The zero-order valence-corrected chi connectivity index (χ0v) is 20.6. The third-order valence-corrected chi connectivity index (χ3v) is 10.3. The largest absolute Gasteiger partial charge is 0.497 e. The molecule has 10 heteroatoms. The van der Waals surface area contributed by atoms with Gasteiger partial charge in [0.25, 0.3) is 0 Å². The molecule has 3 rings (SSSR count). The maximum absolute atomic E-state index is 5.67. The molecule has 2 aliphatic heterocycles. The lowest BCUT2D eigenvalue weighted by Gasteiger charge is -2.52. The molecular formula is C21H34N5O3PS. The molecular weight excluding hydrogens is 433 g/mol. The van der Waals surface area contributed by atoms with Crippen LogP contribution in [0.15, 0.2) is 34.1 Å². The summed E-state index contributed by atoms with van der Waals surface area (Å²) in [5.41, 5.74) is 3.90. The highest BCUT2D eigenvalue weighted by atomic mass is 32.1. The molecule has 0 spiro atoms. The van der Waals surface area contributed by atoms with Crippen molar-refractivity contribution in [3.8, 4) is 5.75 Å². The predicted molar refractivity (Wildman–Crippen MR) is 130 cm³/mol. The first-order chi connectivity index (χ1) is 14.9. The molecule has 1 aromatic carbocycles. The number of thiocarbonyl (C=S) groups is 1. The van der Waals surface area contributed by atoms with Gasteiger partial charge in [-0.05, 0) is 29.9 Å². The number of nitrogens with zero attached hydrogens (tertiary/aromatic N) is 4. The van der Waals surface area contributed by atoms with Crippen molar-refractivity contribution in [2.75, 3.05) is 59.7 Å². The van der Waals surface area contributed by atoms with Crippen molar-refractivity contribution in [1.29, 1.82) is 0 Å². The Labute approximate surface area is 191 Å². The van der Waals surface area contributed by atoms with Gasteiger partial charge in [0, 0.05) is 31.3 Å². The molecule has 0 atom stereocenters. The second-order valence-corrected chi connectivity index (χ2v) is 12.6. The number of nitrogens with one attached hydrogen (secondary N) is 1.